The number of anilines is 3. The van der Waals surface area contributed by atoms with Gasteiger partial charge in [-0.2, -0.15) is 0 Å². The molecule has 118 heavy (non-hydrogen) atoms. The summed E-state index contributed by atoms with van der Waals surface area (Å²) in [5, 5.41) is 19.4. The number of hydrogen-bond acceptors (Lipinski definition) is 4. The number of nitrogens with zero attached hydrogens (tertiary/aromatic N) is 2. The van der Waals surface area contributed by atoms with Gasteiger partial charge < -0.3 is 4.90 Å². The molecular weight excluding hydrogens is 1460 g/mol. The van der Waals surface area contributed by atoms with Crippen LogP contribution in [0.3, 0.4) is 0 Å². The van der Waals surface area contributed by atoms with Gasteiger partial charge in [0.05, 0.1) is 16.6 Å². The number of pyridine rings is 1. The van der Waals surface area contributed by atoms with Gasteiger partial charge in [0.15, 0.2) is 0 Å². The summed E-state index contributed by atoms with van der Waals surface area (Å²) in [6, 6.07) is 163. The molecule has 0 amide bonds. The summed E-state index contributed by atoms with van der Waals surface area (Å²) in [6.45, 7) is 0. The van der Waals surface area contributed by atoms with Crippen LogP contribution in [0.5, 0.6) is 0 Å². The Morgan fingerprint density at radius 1 is 0.195 bits per heavy atom. The fourth-order valence-electron chi connectivity index (χ4n) is 18.7. The predicted octanol–water partition coefficient (Wildman–Crippen LogP) is 32.3. The van der Waals surface area contributed by atoms with Crippen LogP contribution in [0, 0.1) is 0 Å². The molecule has 2 nitrogen and oxygen atoms in total. The van der Waals surface area contributed by atoms with Gasteiger partial charge in [0, 0.05) is 73.7 Å². The third kappa shape index (κ3) is 12.0. The van der Waals surface area contributed by atoms with E-state index in [2.05, 4.69) is 454 Å². The van der Waals surface area contributed by atoms with Gasteiger partial charge in [0.2, 0.25) is 0 Å². The fraction of sp³-hybridized carbons (Fsp3) is 0.00877. The molecule has 23 aromatic rings. The third-order valence-corrected chi connectivity index (χ3v) is 26.5. The van der Waals surface area contributed by atoms with Crippen LogP contribution in [0.4, 0.5) is 17.1 Å². The molecule has 4 heteroatoms. The van der Waals surface area contributed by atoms with Crippen molar-refractivity contribution in [2.24, 2.45) is 0 Å². The maximum Gasteiger partial charge on any atom is 0.0794 e. The largest absolute Gasteiger partial charge is 0.311 e. The highest BCUT2D eigenvalue weighted by atomic mass is 32.1. The van der Waals surface area contributed by atoms with E-state index in [1.165, 1.54) is 177 Å². The minimum Gasteiger partial charge on any atom is -0.311 e. The summed E-state index contributed by atoms with van der Waals surface area (Å²) in [6.07, 6.45) is 0. The molecule has 1 aliphatic carbocycles. The SMILES string of the molecule is c1cc(-c2ccc3c4ccccc4c4ccccc4c3c2)cc(-c2cccc3c2sc2ccccc23)c1.c1cc(-c2ccc3c4ccccc4c4ccccc4c3n2)cc(-c2cccc3c2sc2ccccc23)c1.c1ccc(-c2ccc(N(c3ccccc3)c3ccc(C4(c5ccccc5)c5ccccc5-c5ccccc54)cc3)cc2)cc1. The molecule has 0 aliphatic heterocycles. The highest BCUT2D eigenvalue weighted by Gasteiger charge is 2.46. The first-order valence-corrected chi connectivity index (χ1v) is 42.1. The Hall–Kier alpha value is -14.7. The second-order valence-electron chi connectivity index (χ2n) is 30.6. The van der Waals surface area contributed by atoms with Gasteiger partial charge in [-0.05, 0) is 205 Å². The molecule has 552 valence electrons. The molecule has 0 bridgehead atoms. The molecule has 1 aliphatic rings. The van der Waals surface area contributed by atoms with Crippen LogP contribution in [0.15, 0.2) is 449 Å². The van der Waals surface area contributed by atoms with Crippen LogP contribution in [0.25, 0.3) is 172 Å². The summed E-state index contributed by atoms with van der Waals surface area (Å²) < 4.78 is 5.37. The van der Waals surface area contributed by atoms with E-state index in [0.29, 0.717) is 0 Å². The van der Waals surface area contributed by atoms with Crippen molar-refractivity contribution in [2.45, 2.75) is 5.41 Å². The van der Waals surface area contributed by atoms with E-state index in [9.17, 15) is 0 Å². The van der Waals surface area contributed by atoms with E-state index in [1.54, 1.807) is 0 Å². The van der Waals surface area contributed by atoms with Crippen LogP contribution in [-0.4, -0.2) is 4.98 Å². The minimum absolute atomic E-state index is 0.401. The van der Waals surface area contributed by atoms with Gasteiger partial charge in [0.25, 0.3) is 0 Å². The molecule has 0 unspecified atom stereocenters. The van der Waals surface area contributed by atoms with E-state index in [4.69, 9.17) is 4.98 Å². The quantitative estimate of drug-likeness (QED) is 0.127. The number of benzene rings is 20. The Balaban J connectivity index is 0.000000107. The summed E-state index contributed by atoms with van der Waals surface area (Å²) in [5.74, 6) is 0. The van der Waals surface area contributed by atoms with Gasteiger partial charge in [-0.1, -0.05) is 370 Å². The topological polar surface area (TPSA) is 16.1 Å². The van der Waals surface area contributed by atoms with Gasteiger partial charge in [-0.3, -0.25) is 0 Å². The number of hydrogen-bond donors (Lipinski definition) is 0. The normalized spacial score (nSPS) is 12.1. The zero-order valence-corrected chi connectivity index (χ0v) is 66.1. The molecule has 0 spiro atoms. The molecule has 3 aromatic heterocycles. The Labute approximate surface area is 693 Å². The van der Waals surface area contributed by atoms with Crippen molar-refractivity contribution in [3.63, 3.8) is 0 Å². The number of fused-ring (bicyclic) bond motifs is 21. The maximum atomic E-state index is 5.26. The minimum atomic E-state index is -0.401. The van der Waals surface area contributed by atoms with E-state index in [-0.39, 0.29) is 0 Å². The van der Waals surface area contributed by atoms with Gasteiger partial charge in [-0.25, -0.2) is 4.98 Å². The molecule has 20 aromatic carbocycles. The Kier molecular flexibility index (Phi) is 17.6. The van der Waals surface area contributed by atoms with Crippen molar-refractivity contribution in [2.75, 3.05) is 4.90 Å². The first-order chi connectivity index (χ1) is 58.5. The molecule has 0 radical (unpaired) electrons. The Morgan fingerprint density at radius 2 is 0.525 bits per heavy atom. The molecule has 0 atom stereocenters. The van der Waals surface area contributed by atoms with E-state index < -0.39 is 5.41 Å². The smallest absolute Gasteiger partial charge is 0.0794 e. The highest BCUT2D eigenvalue weighted by Crippen LogP contribution is 2.57. The lowest BCUT2D eigenvalue weighted by Gasteiger charge is -2.34. The summed E-state index contributed by atoms with van der Waals surface area (Å²) >= 11 is 3.76. The lowest BCUT2D eigenvalue weighted by molar-refractivity contribution is 0.768. The predicted molar refractivity (Wildman–Crippen MR) is 507 cm³/mol. The molecular formula is C114H74N2S2. The molecule has 0 fully saturated rings. The van der Waals surface area contributed by atoms with Gasteiger partial charge in [0.1, 0.15) is 0 Å². The highest BCUT2D eigenvalue weighted by molar-refractivity contribution is 7.26. The van der Waals surface area contributed by atoms with Gasteiger partial charge >= 0.3 is 0 Å². The van der Waals surface area contributed by atoms with Crippen LogP contribution in [-0.2, 0) is 5.41 Å². The van der Waals surface area contributed by atoms with Crippen LogP contribution < -0.4 is 4.90 Å². The summed E-state index contributed by atoms with van der Waals surface area (Å²) in [7, 11) is 0. The van der Waals surface area contributed by atoms with Crippen molar-refractivity contribution >= 4 is 145 Å². The standard InChI is InChI=1S/C43H31N.C36H22S.C35H21NS/c1-4-14-32(15-5-1)33-24-28-37(29-25-33)44(36-18-8-3-9-19-36)38-30-26-35(27-31-38)43(34-16-6-2-7-17-34)41-22-12-10-20-39(41)40-21-11-13-23-42(40)43;1-2-13-29-27(11-1)28-12-3-4-14-30(28)34-22-24(19-20-31(29)34)23-9-7-10-25(21-23)26-16-8-17-33-32-15-5-6-18-35(32)37-36(26)33;1-2-13-27-25(11-1)26-12-3-4-15-29(26)34-30(27)19-20-32(36-34)23-10-7-9-22(21-23)24-16-8-17-31-28-14-5-6-18-33(28)37-35(24)31/h1-31H;1-22H;1-21H. The summed E-state index contributed by atoms with van der Waals surface area (Å²) in [4.78, 5) is 7.60. The Bertz CT molecular complexity index is 7370. The fourth-order valence-corrected chi connectivity index (χ4v) is 21.2. The van der Waals surface area contributed by atoms with Gasteiger partial charge in [-0.15, -0.1) is 22.7 Å². The number of rotatable bonds is 10. The first-order valence-electron chi connectivity index (χ1n) is 40.5. The van der Waals surface area contributed by atoms with Crippen molar-refractivity contribution < 1.29 is 0 Å². The van der Waals surface area contributed by atoms with Crippen LogP contribution in [0.2, 0.25) is 0 Å². The number of thiophene rings is 2. The van der Waals surface area contributed by atoms with Crippen molar-refractivity contribution in [1.29, 1.82) is 0 Å². The van der Waals surface area contributed by atoms with Crippen molar-refractivity contribution in [1.82, 2.24) is 4.98 Å². The first kappa shape index (κ1) is 70.0. The number of aromatic nitrogens is 1. The monoisotopic (exact) mass is 1530 g/mol. The van der Waals surface area contributed by atoms with Crippen molar-refractivity contribution in [3.05, 3.63) is 471 Å². The van der Waals surface area contributed by atoms with Crippen LogP contribution >= 0.6 is 22.7 Å². The maximum absolute atomic E-state index is 5.26. The third-order valence-electron chi connectivity index (χ3n) is 24.1. The van der Waals surface area contributed by atoms with E-state index >= 15 is 0 Å². The van der Waals surface area contributed by atoms with Crippen molar-refractivity contribution in [3.8, 4) is 66.9 Å². The lowest BCUT2D eigenvalue weighted by atomic mass is 9.68. The summed E-state index contributed by atoms with van der Waals surface area (Å²) in [5.41, 5.74) is 24.0. The molecule has 3 heterocycles. The average Bonchev–Trinajstić information content (AvgIpc) is 1.53. The zero-order valence-electron chi connectivity index (χ0n) is 64.4. The van der Waals surface area contributed by atoms with E-state index in [0.717, 1.165) is 33.8 Å². The lowest BCUT2D eigenvalue weighted by Crippen LogP contribution is -2.28. The molecule has 0 saturated heterocycles. The molecule has 0 saturated carbocycles. The zero-order chi connectivity index (χ0) is 78.0. The molecule has 24 rings (SSSR count). The second kappa shape index (κ2) is 29.6. The second-order valence-corrected chi connectivity index (χ2v) is 32.7. The van der Waals surface area contributed by atoms with Crippen LogP contribution in [0.1, 0.15) is 22.3 Å². The Morgan fingerprint density at radius 3 is 1.08 bits per heavy atom. The van der Waals surface area contributed by atoms with E-state index in [1.807, 2.05) is 22.7 Å². The average molecular weight is 1540 g/mol. The molecule has 0 N–H and O–H groups in total. The number of para-hydroxylation sites is 1.